The predicted octanol–water partition coefficient (Wildman–Crippen LogP) is 2.62. The van der Waals surface area contributed by atoms with Crippen LogP contribution in [0, 0.1) is 5.82 Å². The minimum absolute atomic E-state index is 0.00556. The molecule has 0 saturated carbocycles. The van der Waals surface area contributed by atoms with E-state index in [1.165, 1.54) is 24.5 Å². The molecule has 1 amide bonds. The number of aromatic nitrogens is 3. The number of pyridine rings is 1. The van der Waals surface area contributed by atoms with Crippen molar-refractivity contribution in [3.63, 3.8) is 0 Å². The highest BCUT2D eigenvalue weighted by atomic mass is 19.1. The van der Waals surface area contributed by atoms with E-state index in [2.05, 4.69) is 15.5 Å². The van der Waals surface area contributed by atoms with Crippen LogP contribution in [0.1, 0.15) is 35.3 Å². The van der Waals surface area contributed by atoms with Crippen LogP contribution in [0.4, 0.5) is 10.1 Å². The van der Waals surface area contributed by atoms with Crippen LogP contribution in [-0.4, -0.2) is 20.7 Å². The molecular weight excluding hydrogens is 311 g/mol. The molecule has 0 bridgehead atoms. The maximum absolute atomic E-state index is 13.9. The number of carbonyl (C=O) groups is 1. The second-order valence-electron chi connectivity index (χ2n) is 6.07. The average molecular weight is 326 g/mol. The van der Waals surface area contributed by atoms with Gasteiger partial charge in [0.25, 0.3) is 5.91 Å². The van der Waals surface area contributed by atoms with Gasteiger partial charge in [0, 0.05) is 23.8 Å². The first-order chi connectivity index (χ1) is 11.5. The van der Waals surface area contributed by atoms with Gasteiger partial charge in [-0.3, -0.25) is 14.7 Å². The van der Waals surface area contributed by atoms with Gasteiger partial charge in [0.05, 0.1) is 17.4 Å². The van der Waals surface area contributed by atoms with Gasteiger partial charge in [-0.15, -0.1) is 0 Å². The summed E-state index contributed by atoms with van der Waals surface area (Å²) in [5.74, 6) is -0.987. The molecule has 2 aromatic heterocycles. The number of rotatable bonds is 2. The number of benzene rings is 1. The Labute approximate surface area is 136 Å². The van der Waals surface area contributed by atoms with Gasteiger partial charge < -0.3 is 9.88 Å². The van der Waals surface area contributed by atoms with Gasteiger partial charge >= 0.3 is 0 Å². The minimum Gasteiger partial charge on any atom is -0.343 e. The number of hydrogen-bond acceptors (Lipinski definition) is 3. The van der Waals surface area contributed by atoms with Gasteiger partial charge in [-0.05, 0) is 37.5 Å². The second kappa shape index (κ2) is 5.30. The second-order valence-corrected chi connectivity index (χ2v) is 6.07. The quantitative estimate of drug-likeness (QED) is 0.760. The first-order valence-corrected chi connectivity index (χ1v) is 7.72. The van der Waals surface area contributed by atoms with Crippen LogP contribution in [0.25, 0.3) is 10.9 Å². The van der Waals surface area contributed by atoms with Crippen LogP contribution in [0.2, 0.25) is 0 Å². The van der Waals surface area contributed by atoms with E-state index < -0.39 is 17.2 Å². The molecule has 3 aromatic rings. The highest BCUT2D eigenvalue weighted by Crippen LogP contribution is 2.30. The van der Waals surface area contributed by atoms with Crippen molar-refractivity contribution in [1.82, 2.24) is 14.8 Å². The number of anilines is 1. The first-order valence-electron chi connectivity index (χ1n) is 7.72. The Morgan fingerprint density at radius 1 is 1.46 bits per heavy atom. The lowest BCUT2D eigenvalue weighted by Gasteiger charge is -2.26. The van der Waals surface area contributed by atoms with E-state index >= 15 is 0 Å². The smallest absolute Gasteiger partial charge is 0.261 e. The highest BCUT2D eigenvalue weighted by Gasteiger charge is 2.23. The van der Waals surface area contributed by atoms with Crippen LogP contribution in [0.5, 0.6) is 0 Å². The molecule has 6 nitrogen and oxygen atoms in total. The number of amides is 1. The van der Waals surface area contributed by atoms with Crippen molar-refractivity contribution in [2.24, 2.45) is 0 Å². The van der Waals surface area contributed by atoms with E-state index in [-0.39, 0.29) is 17.0 Å². The van der Waals surface area contributed by atoms with Gasteiger partial charge in [0.1, 0.15) is 11.4 Å². The number of hydrogen-bond donors (Lipinski definition) is 2. The van der Waals surface area contributed by atoms with Crippen molar-refractivity contribution < 1.29 is 9.18 Å². The molecule has 1 aliphatic heterocycles. The standard InChI is InChI=1S/C17H15FN4O2/c1-9-2-3-10-4-11(18)5-13-15(10)22(9)8-14(16(13)23)17(24)21-12-6-19-20-7-12/h4-9H,2-3H2,1H3,(H,19,20)(H,21,24). The number of aromatic amines is 1. The Morgan fingerprint density at radius 3 is 3.04 bits per heavy atom. The number of nitrogens with zero attached hydrogens (tertiary/aromatic N) is 2. The van der Waals surface area contributed by atoms with Crippen molar-refractivity contribution in [3.05, 3.63) is 57.9 Å². The number of aryl methyl sites for hydroxylation is 1. The van der Waals surface area contributed by atoms with Gasteiger partial charge in [0.15, 0.2) is 0 Å². The molecule has 0 fully saturated rings. The maximum Gasteiger partial charge on any atom is 0.261 e. The highest BCUT2D eigenvalue weighted by molar-refractivity contribution is 6.05. The van der Waals surface area contributed by atoms with E-state index in [1.807, 2.05) is 11.5 Å². The zero-order valence-electron chi connectivity index (χ0n) is 13.0. The van der Waals surface area contributed by atoms with Crippen LogP contribution in [0.3, 0.4) is 0 Å². The van der Waals surface area contributed by atoms with Crippen molar-refractivity contribution in [2.45, 2.75) is 25.8 Å². The van der Waals surface area contributed by atoms with Crippen LogP contribution in [-0.2, 0) is 6.42 Å². The summed E-state index contributed by atoms with van der Waals surface area (Å²) in [4.78, 5) is 25.2. The van der Waals surface area contributed by atoms with Crippen LogP contribution < -0.4 is 10.7 Å². The molecule has 122 valence electrons. The summed E-state index contributed by atoms with van der Waals surface area (Å²) in [6, 6.07) is 2.81. The van der Waals surface area contributed by atoms with Gasteiger partial charge in [0.2, 0.25) is 5.43 Å². The summed E-state index contributed by atoms with van der Waals surface area (Å²) >= 11 is 0. The molecule has 2 N–H and O–H groups in total. The van der Waals surface area contributed by atoms with Crippen LogP contribution in [0.15, 0.2) is 35.5 Å². The van der Waals surface area contributed by atoms with E-state index in [4.69, 9.17) is 0 Å². The van der Waals surface area contributed by atoms with Gasteiger partial charge in [-0.25, -0.2) is 4.39 Å². The normalized spacial score (nSPS) is 16.3. The number of nitrogens with one attached hydrogen (secondary N) is 2. The molecule has 1 aromatic carbocycles. The molecular formula is C17H15FN4O2. The van der Waals surface area contributed by atoms with Crippen LogP contribution >= 0.6 is 0 Å². The summed E-state index contributed by atoms with van der Waals surface area (Å²) in [7, 11) is 0. The lowest BCUT2D eigenvalue weighted by molar-refractivity contribution is 0.102. The molecule has 7 heteroatoms. The number of carbonyl (C=O) groups excluding carboxylic acids is 1. The van der Waals surface area contributed by atoms with E-state index in [9.17, 15) is 14.0 Å². The summed E-state index contributed by atoms with van der Waals surface area (Å²) < 4.78 is 15.8. The van der Waals surface area contributed by atoms with Gasteiger partial charge in [-0.2, -0.15) is 5.10 Å². The zero-order valence-corrected chi connectivity index (χ0v) is 13.0. The molecule has 0 spiro atoms. The molecule has 4 rings (SSSR count). The fourth-order valence-corrected chi connectivity index (χ4v) is 3.26. The Morgan fingerprint density at radius 2 is 2.29 bits per heavy atom. The fourth-order valence-electron chi connectivity index (χ4n) is 3.26. The molecule has 3 heterocycles. The molecule has 1 unspecified atom stereocenters. The van der Waals surface area contributed by atoms with Gasteiger partial charge in [-0.1, -0.05) is 0 Å². The third-order valence-electron chi connectivity index (χ3n) is 4.48. The largest absolute Gasteiger partial charge is 0.343 e. The molecule has 0 saturated heterocycles. The number of H-pyrrole nitrogens is 1. The lowest BCUT2D eigenvalue weighted by atomic mass is 9.96. The third-order valence-corrected chi connectivity index (χ3v) is 4.48. The number of halogens is 1. The van der Waals surface area contributed by atoms with Crippen molar-refractivity contribution in [1.29, 1.82) is 0 Å². The molecule has 0 aliphatic carbocycles. The summed E-state index contributed by atoms with van der Waals surface area (Å²) in [6.45, 7) is 2.02. The first kappa shape index (κ1) is 14.6. The third kappa shape index (κ3) is 2.20. The summed E-state index contributed by atoms with van der Waals surface area (Å²) in [5, 5.41) is 9.20. The lowest BCUT2D eigenvalue weighted by Crippen LogP contribution is -2.26. The summed E-state index contributed by atoms with van der Waals surface area (Å²) in [6.07, 6.45) is 6.08. The Bertz CT molecular complexity index is 1010. The molecule has 0 radical (unpaired) electrons. The van der Waals surface area contributed by atoms with Crippen molar-refractivity contribution in [3.8, 4) is 0 Å². The zero-order chi connectivity index (χ0) is 16.8. The van der Waals surface area contributed by atoms with E-state index in [0.717, 1.165) is 23.9 Å². The fraction of sp³-hybridized carbons (Fsp3) is 0.235. The van der Waals surface area contributed by atoms with Crippen molar-refractivity contribution >= 4 is 22.5 Å². The average Bonchev–Trinajstić information content (AvgIpc) is 3.05. The Hall–Kier alpha value is -2.96. The minimum atomic E-state index is -0.532. The molecule has 24 heavy (non-hydrogen) atoms. The van der Waals surface area contributed by atoms with Crippen molar-refractivity contribution in [2.75, 3.05) is 5.32 Å². The predicted molar refractivity (Wildman–Crippen MR) is 87.7 cm³/mol. The van der Waals surface area contributed by atoms with E-state index in [0.29, 0.717) is 5.69 Å². The monoisotopic (exact) mass is 326 g/mol. The Kier molecular flexibility index (Phi) is 3.23. The SMILES string of the molecule is CC1CCc2cc(F)cc3c(=O)c(C(=O)Nc4cn[nH]c4)cn1c23. The topological polar surface area (TPSA) is 79.8 Å². The molecule has 1 atom stereocenters. The Balaban J connectivity index is 1.93. The summed E-state index contributed by atoms with van der Waals surface area (Å²) in [5.41, 5.74) is 1.53. The maximum atomic E-state index is 13.9. The van der Waals surface area contributed by atoms with E-state index in [1.54, 1.807) is 6.20 Å². The molecule has 1 aliphatic rings.